The van der Waals surface area contributed by atoms with Crippen molar-refractivity contribution in [1.29, 1.82) is 0 Å². The van der Waals surface area contributed by atoms with Crippen LogP contribution in [0.4, 0.5) is 0 Å². The molecule has 3 heteroatoms. The Hall–Kier alpha value is -0.500. The minimum absolute atomic E-state index is 0.0987. The average molecular weight is 191 g/mol. The van der Waals surface area contributed by atoms with Gasteiger partial charge in [0, 0.05) is 5.57 Å². The predicted octanol–water partition coefficient (Wildman–Crippen LogP) is 2.82. The topological polar surface area (TPSA) is 37.3 Å². The van der Waals surface area contributed by atoms with Crippen LogP contribution in [0.2, 0.25) is 0 Å². The van der Waals surface area contributed by atoms with Gasteiger partial charge >= 0.3 is 5.97 Å². The third-order valence-electron chi connectivity index (χ3n) is 1.62. The predicted molar refractivity (Wildman–Crippen MR) is 50.6 cm³/mol. The molecule has 1 N–H and O–H groups in total. The van der Waals surface area contributed by atoms with Gasteiger partial charge in [0.25, 0.3) is 0 Å². The van der Waals surface area contributed by atoms with Gasteiger partial charge in [-0.2, -0.15) is 0 Å². The van der Waals surface area contributed by atoms with Crippen molar-refractivity contribution in [3.05, 3.63) is 11.6 Å². The maximum absolute atomic E-state index is 10.4. The van der Waals surface area contributed by atoms with E-state index in [1.807, 2.05) is 0 Å². The maximum Gasteiger partial charge on any atom is 0.332 e. The Morgan fingerprint density at radius 2 is 2.17 bits per heavy atom. The van der Waals surface area contributed by atoms with Crippen LogP contribution in [0.1, 0.15) is 32.6 Å². The van der Waals surface area contributed by atoms with E-state index in [4.69, 9.17) is 16.7 Å². The third-order valence-corrected chi connectivity index (χ3v) is 1.91. The second-order valence-corrected chi connectivity index (χ2v) is 2.93. The van der Waals surface area contributed by atoms with Crippen LogP contribution in [0.25, 0.3) is 0 Å². The van der Waals surface area contributed by atoms with E-state index in [1.54, 1.807) is 6.08 Å². The smallest absolute Gasteiger partial charge is 0.332 e. The molecule has 0 spiro atoms. The first-order valence-electron chi connectivity index (χ1n) is 4.20. The van der Waals surface area contributed by atoms with Crippen molar-refractivity contribution in [1.82, 2.24) is 0 Å². The Morgan fingerprint density at radius 1 is 1.50 bits per heavy atom. The van der Waals surface area contributed by atoms with E-state index in [0.717, 1.165) is 25.7 Å². The molecule has 0 saturated heterocycles. The molecule has 12 heavy (non-hydrogen) atoms. The lowest BCUT2D eigenvalue weighted by molar-refractivity contribution is -0.132. The molecule has 0 heterocycles. The lowest BCUT2D eigenvalue weighted by atomic mass is 10.1. The molecule has 0 aliphatic rings. The van der Waals surface area contributed by atoms with Crippen LogP contribution in [-0.4, -0.2) is 17.0 Å². The Balaban J connectivity index is 3.71. The van der Waals surface area contributed by atoms with E-state index >= 15 is 0 Å². The molecule has 0 unspecified atom stereocenters. The zero-order chi connectivity index (χ0) is 9.40. The monoisotopic (exact) mass is 190 g/mol. The molecule has 0 atom stereocenters. The van der Waals surface area contributed by atoms with Gasteiger partial charge in [-0.3, -0.25) is 0 Å². The summed E-state index contributed by atoms with van der Waals surface area (Å²) in [5, 5.41) is 8.58. The lowest BCUT2D eigenvalue weighted by Gasteiger charge is -1.96. The molecule has 0 fully saturated rings. The number of carboxylic acids is 1. The normalized spacial score (nSPS) is 11.7. The van der Waals surface area contributed by atoms with Gasteiger partial charge < -0.3 is 5.11 Å². The van der Waals surface area contributed by atoms with Crippen molar-refractivity contribution in [3.8, 4) is 0 Å². The number of hydrogen-bond acceptors (Lipinski definition) is 1. The highest BCUT2D eigenvalue weighted by atomic mass is 35.5. The molecule has 0 aliphatic carbocycles. The highest BCUT2D eigenvalue weighted by Gasteiger charge is 2.03. The first kappa shape index (κ1) is 11.5. The van der Waals surface area contributed by atoms with Crippen LogP contribution in [0, 0.1) is 0 Å². The van der Waals surface area contributed by atoms with Gasteiger partial charge in [0.15, 0.2) is 0 Å². The molecule has 0 bridgehead atoms. The van der Waals surface area contributed by atoms with E-state index in [0.29, 0.717) is 5.57 Å². The van der Waals surface area contributed by atoms with Crippen molar-refractivity contribution in [3.63, 3.8) is 0 Å². The lowest BCUT2D eigenvalue weighted by Crippen LogP contribution is -2.01. The molecule has 0 radical (unpaired) electrons. The fraction of sp³-hybridized carbons (Fsp3) is 0.667. The number of carboxylic acid groups (broad SMARTS) is 1. The van der Waals surface area contributed by atoms with Gasteiger partial charge in [-0.1, -0.05) is 25.8 Å². The van der Waals surface area contributed by atoms with Crippen LogP contribution >= 0.6 is 11.6 Å². The number of halogens is 1. The summed E-state index contributed by atoms with van der Waals surface area (Å²) in [5.41, 5.74) is 0.313. The van der Waals surface area contributed by atoms with E-state index in [2.05, 4.69) is 6.92 Å². The summed E-state index contributed by atoms with van der Waals surface area (Å²) >= 11 is 5.43. The molecule has 0 aromatic rings. The molecule has 0 aromatic heterocycles. The Kier molecular flexibility index (Phi) is 6.87. The first-order chi connectivity index (χ1) is 5.72. The Bertz CT molecular complexity index is 164. The van der Waals surface area contributed by atoms with Crippen molar-refractivity contribution < 1.29 is 9.90 Å². The van der Waals surface area contributed by atoms with Gasteiger partial charge in [0.1, 0.15) is 0 Å². The largest absolute Gasteiger partial charge is 0.478 e. The molecule has 70 valence electrons. The zero-order valence-corrected chi connectivity index (χ0v) is 8.10. The number of rotatable bonds is 6. The molecule has 0 aliphatic heterocycles. The van der Waals surface area contributed by atoms with Gasteiger partial charge in [0.05, 0.1) is 5.88 Å². The minimum atomic E-state index is -0.901. The number of carbonyl (C=O) groups is 1. The SMILES string of the molecule is CCCCCC=C(CCl)C(=O)O. The maximum atomic E-state index is 10.4. The number of hydrogen-bond donors (Lipinski definition) is 1. The quantitative estimate of drug-likeness (QED) is 0.397. The number of unbranched alkanes of at least 4 members (excludes halogenated alkanes) is 3. The van der Waals surface area contributed by atoms with Gasteiger partial charge in [-0.25, -0.2) is 4.79 Å². The summed E-state index contributed by atoms with van der Waals surface area (Å²) < 4.78 is 0. The van der Waals surface area contributed by atoms with Crippen LogP contribution in [0.3, 0.4) is 0 Å². The van der Waals surface area contributed by atoms with E-state index < -0.39 is 5.97 Å². The van der Waals surface area contributed by atoms with Crippen LogP contribution in [-0.2, 0) is 4.79 Å². The van der Waals surface area contributed by atoms with Crippen molar-refractivity contribution in [2.45, 2.75) is 32.6 Å². The Morgan fingerprint density at radius 3 is 2.58 bits per heavy atom. The molecule has 2 nitrogen and oxygen atoms in total. The van der Waals surface area contributed by atoms with Crippen molar-refractivity contribution in [2.75, 3.05) is 5.88 Å². The standard InChI is InChI=1S/C9H15ClO2/c1-2-3-4-5-6-8(7-10)9(11)12/h6H,2-5,7H2,1H3,(H,11,12). The van der Waals surface area contributed by atoms with Gasteiger partial charge in [-0.05, 0) is 12.8 Å². The highest BCUT2D eigenvalue weighted by Crippen LogP contribution is 2.05. The summed E-state index contributed by atoms with van der Waals surface area (Å²) in [6.45, 7) is 2.11. The highest BCUT2D eigenvalue weighted by molar-refractivity contribution is 6.22. The fourth-order valence-electron chi connectivity index (χ4n) is 0.870. The molecule has 0 saturated carbocycles. The van der Waals surface area contributed by atoms with Crippen LogP contribution < -0.4 is 0 Å². The first-order valence-corrected chi connectivity index (χ1v) is 4.74. The minimum Gasteiger partial charge on any atom is -0.478 e. The third kappa shape index (κ3) is 5.19. The summed E-state index contributed by atoms with van der Waals surface area (Å²) in [5.74, 6) is -0.803. The second-order valence-electron chi connectivity index (χ2n) is 2.66. The van der Waals surface area contributed by atoms with Crippen molar-refractivity contribution >= 4 is 17.6 Å². The molecular formula is C9H15ClO2. The summed E-state index contributed by atoms with van der Waals surface area (Å²) in [6.07, 6.45) is 5.88. The zero-order valence-electron chi connectivity index (χ0n) is 7.35. The number of alkyl halides is 1. The Labute approximate surface area is 78.2 Å². The molecule has 0 aromatic carbocycles. The summed E-state index contributed by atoms with van der Waals surface area (Å²) in [7, 11) is 0. The second kappa shape index (κ2) is 7.17. The van der Waals surface area contributed by atoms with E-state index in [9.17, 15) is 4.79 Å². The number of aliphatic carboxylic acids is 1. The van der Waals surface area contributed by atoms with Crippen molar-refractivity contribution in [2.24, 2.45) is 0 Å². The van der Waals surface area contributed by atoms with Gasteiger partial charge in [0.2, 0.25) is 0 Å². The van der Waals surface area contributed by atoms with E-state index in [-0.39, 0.29) is 5.88 Å². The summed E-state index contributed by atoms with van der Waals surface area (Å²) in [4.78, 5) is 10.4. The summed E-state index contributed by atoms with van der Waals surface area (Å²) in [6, 6.07) is 0. The molecule has 0 rings (SSSR count). The number of allylic oxidation sites excluding steroid dienone is 1. The van der Waals surface area contributed by atoms with Crippen LogP contribution in [0.15, 0.2) is 11.6 Å². The van der Waals surface area contributed by atoms with Crippen LogP contribution in [0.5, 0.6) is 0 Å². The molecular weight excluding hydrogens is 176 g/mol. The van der Waals surface area contributed by atoms with Gasteiger partial charge in [-0.15, -0.1) is 11.6 Å². The molecule has 0 amide bonds. The fourth-order valence-corrected chi connectivity index (χ4v) is 1.09. The van der Waals surface area contributed by atoms with E-state index in [1.165, 1.54) is 0 Å². The average Bonchev–Trinajstić information content (AvgIpc) is 2.04.